The number of aromatic nitrogens is 2. The molecule has 126 valence electrons. The second kappa shape index (κ2) is 6.82. The minimum Gasteiger partial charge on any atom is -0.360 e. The number of likely N-dealkylation sites (N-methyl/N-ethyl adjacent to an activating group) is 1. The first-order valence-electron chi connectivity index (χ1n) is 7.92. The van der Waals surface area contributed by atoms with E-state index in [9.17, 15) is 9.59 Å². The van der Waals surface area contributed by atoms with Crippen molar-refractivity contribution in [3.63, 3.8) is 0 Å². The first-order chi connectivity index (χ1) is 11.5. The molecule has 7 nitrogen and oxygen atoms in total. The van der Waals surface area contributed by atoms with Crippen molar-refractivity contribution in [3.8, 4) is 0 Å². The van der Waals surface area contributed by atoms with Gasteiger partial charge in [-0.1, -0.05) is 5.16 Å². The van der Waals surface area contributed by atoms with E-state index in [2.05, 4.69) is 10.1 Å². The van der Waals surface area contributed by atoms with Crippen molar-refractivity contribution in [2.75, 3.05) is 25.0 Å². The molecule has 0 aromatic carbocycles. The Labute approximate surface area is 140 Å². The summed E-state index contributed by atoms with van der Waals surface area (Å²) in [4.78, 5) is 31.9. The molecule has 3 heterocycles. The van der Waals surface area contributed by atoms with Gasteiger partial charge in [0, 0.05) is 45.0 Å². The zero-order chi connectivity index (χ0) is 17.1. The van der Waals surface area contributed by atoms with Gasteiger partial charge in [-0.2, -0.15) is 0 Å². The third kappa shape index (κ3) is 3.45. The molecule has 2 aromatic rings. The Hall–Kier alpha value is -2.70. The lowest BCUT2D eigenvalue weighted by Crippen LogP contribution is -2.36. The van der Waals surface area contributed by atoms with Crippen LogP contribution in [0.3, 0.4) is 0 Å². The predicted molar refractivity (Wildman–Crippen MR) is 87.3 cm³/mol. The van der Waals surface area contributed by atoms with E-state index < -0.39 is 0 Å². The topological polar surface area (TPSA) is 79.5 Å². The lowest BCUT2D eigenvalue weighted by molar-refractivity contribution is -0.134. The minimum atomic E-state index is -0.336. The van der Waals surface area contributed by atoms with Gasteiger partial charge < -0.3 is 9.42 Å². The molecule has 2 aromatic heterocycles. The van der Waals surface area contributed by atoms with Crippen LogP contribution >= 0.6 is 0 Å². The van der Waals surface area contributed by atoms with Crippen LogP contribution in [0, 0.1) is 12.8 Å². The van der Waals surface area contributed by atoms with Crippen molar-refractivity contribution in [3.05, 3.63) is 41.9 Å². The largest absolute Gasteiger partial charge is 0.360 e. The number of aryl methyl sites for hydroxylation is 1. The molecule has 0 N–H and O–H groups in total. The van der Waals surface area contributed by atoms with Crippen LogP contribution in [0.4, 0.5) is 5.82 Å². The highest BCUT2D eigenvalue weighted by molar-refractivity contribution is 5.99. The van der Waals surface area contributed by atoms with Crippen molar-refractivity contribution in [1.29, 1.82) is 0 Å². The van der Waals surface area contributed by atoms with Crippen molar-refractivity contribution in [2.24, 2.45) is 5.92 Å². The standard InChI is InChI=1S/C17H20N4O3/c1-12-9-15(19-24-12)21-11-14(10-16(21)22)17(23)20(2)8-5-13-3-6-18-7-4-13/h3-4,6-7,9,14H,5,8,10-11H2,1-2H3. The van der Waals surface area contributed by atoms with E-state index in [1.165, 1.54) is 4.90 Å². The number of rotatable bonds is 5. The summed E-state index contributed by atoms with van der Waals surface area (Å²) < 4.78 is 5.01. The fourth-order valence-corrected chi connectivity index (χ4v) is 2.84. The molecule has 0 bridgehead atoms. The summed E-state index contributed by atoms with van der Waals surface area (Å²) in [5.41, 5.74) is 1.13. The van der Waals surface area contributed by atoms with Crippen LogP contribution in [0.1, 0.15) is 17.7 Å². The zero-order valence-electron chi connectivity index (χ0n) is 13.8. The first-order valence-corrected chi connectivity index (χ1v) is 7.92. The molecule has 0 saturated carbocycles. The summed E-state index contributed by atoms with van der Waals surface area (Å²) in [6.07, 6.45) is 4.46. The number of pyridine rings is 1. The van der Waals surface area contributed by atoms with Crippen LogP contribution in [0.2, 0.25) is 0 Å². The van der Waals surface area contributed by atoms with Crippen LogP contribution in [0.25, 0.3) is 0 Å². The maximum absolute atomic E-state index is 12.6. The number of carbonyl (C=O) groups is 2. The Morgan fingerprint density at radius 2 is 2.17 bits per heavy atom. The van der Waals surface area contributed by atoms with Crippen LogP contribution in [-0.4, -0.2) is 47.0 Å². The summed E-state index contributed by atoms with van der Waals surface area (Å²) >= 11 is 0. The zero-order valence-corrected chi connectivity index (χ0v) is 13.8. The lowest BCUT2D eigenvalue weighted by Gasteiger charge is -2.21. The van der Waals surface area contributed by atoms with Crippen LogP contribution < -0.4 is 4.90 Å². The van der Waals surface area contributed by atoms with Crippen LogP contribution in [-0.2, 0) is 16.0 Å². The van der Waals surface area contributed by atoms with E-state index >= 15 is 0 Å². The molecule has 3 rings (SSSR count). The predicted octanol–water partition coefficient (Wildman–Crippen LogP) is 1.43. The van der Waals surface area contributed by atoms with Crippen LogP contribution in [0.15, 0.2) is 35.1 Å². The molecule has 1 atom stereocenters. The summed E-state index contributed by atoms with van der Waals surface area (Å²) in [6.45, 7) is 2.73. The minimum absolute atomic E-state index is 0.0138. The van der Waals surface area contributed by atoms with Gasteiger partial charge in [0.25, 0.3) is 0 Å². The Bertz CT molecular complexity index is 728. The fourth-order valence-electron chi connectivity index (χ4n) is 2.84. The second-order valence-corrected chi connectivity index (χ2v) is 6.07. The summed E-state index contributed by atoms with van der Waals surface area (Å²) in [7, 11) is 1.77. The Balaban J connectivity index is 1.58. The van der Waals surface area contributed by atoms with Crippen molar-refractivity contribution >= 4 is 17.6 Å². The molecule has 1 fully saturated rings. The molecule has 0 spiro atoms. The number of hydrogen-bond donors (Lipinski definition) is 0. The Morgan fingerprint density at radius 1 is 1.42 bits per heavy atom. The number of amides is 2. The third-order valence-electron chi connectivity index (χ3n) is 4.23. The monoisotopic (exact) mass is 328 g/mol. The quantitative estimate of drug-likeness (QED) is 0.829. The average molecular weight is 328 g/mol. The molecule has 1 aliphatic heterocycles. The molecule has 1 aliphatic rings. The van der Waals surface area contributed by atoms with Crippen molar-refractivity contribution in [1.82, 2.24) is 15.0 Å². The van der Waals surface area contributed by atoms with Gasteiger partial charge in [0.2, 0.25) is 11.8 Å². The van der Waals surface area contributed by atoms with Gasteiger partial charge in [0.05, 0.1) is 5.92 Å². The van der Waals surface area contributed by atoms with E-state index in [0.29, 0.717) is 24.7 Å². The first kappa shape index (κ1) is 16.2. The smallest absolute Gasteiger partial charge is 0.229 e. The van der Waals surface area contributed by atoms with Gasteiger partial charge in [-0.05, 0) is 31.0 Å². The van der Waals surface area contributed by atoms with E-state index in [1.54, 1.807) is 37.3 Å². The normalized spacial score (nSPS) is 17.3. The fraction of sp³-hybridized carbons (Fsp3) is 0.412. The van der Waals surface area contributed by atoms with Gasteiger partial charge in [0.15, 0.2) is 5.82 Å². The van der Waals surface area contributed by atoms with Crippen molar-refractivity contribution < 1.29 is 14.1 Å². The highest BCUT2D eigenvalue weighted by atomic mass is 16.5. The van der Waals surface area contributed by atoms with Gasteiger partial charge in [-0.25, -0.2) is 0 Å². The molecule has 0 aliphatic carbocycles. The molecule has 7 heteroatoms. The highest BCUT2D eigenvalue weighted by Gasteiger charge is 2.37. The maximum Gasteiger partial charge on any atom is 0.229 e. The van der Waals surface area contributed by atoms with Gasteiger partial charge in [0.1, 0.15) is 5.76 Å². The SMILES string of the molecule is Cc1cc(N2CC(C(=O)N(C)CCc3ccncc3)CC2=O)no1. The summed E-state index contributed by atoms with van der Waals surface area (Å²) in [5.74, 6) is 0.676. The van der Waals surface area contributed by atoms with E-state index in [1.807, 2.05) is 12.1 Å². The number of anilines is 1. The van der Waals surface area contributed by atoms with E-state index in [4.69, 9.17) is 4.52 Å². The van der Waals surface area contributed by atoms with Crippen molar-refractivity contribution in [2.45, 2.75) is 19.8 Å². The third-order valence-corrected chi connectivity index (χ3v) is 4.23. The Morgan fingerprint density at radius 3 is 2.83 bits per heavy atom. The number of hydrogen-bond acceptors (Lipinski definition) is 5. The molecule has 2 amide bonds. The molecule has 1 unspecified atom stereocenters. The Kier molecular flexibility index (Phi) is 4.59. The van der Waals surface area contributed by atoms with Gasteiger partial charge in [-0.3, -0.25) is 19.5 Å². The van der Waals surface area contributed by atoms with Gasteiger partial charge in [-0.15, -0.1) is 0 Å². The van der Waals surface area contributed by atoms with E-state index in [-0.39, 0.29) is 24.2 Å². The second-order valence-electron chi connectivity index (χ2n) is 6.07. The number of carbonyl (C=O) groups excluding carboxylic acids is 2. The molecular formula is C17H20N4O3. The number of nitrogens with zero attached hydrogens (tertiary/aromatic N) is 4. The average Bonchev–Trinajstić information content (AvgIpc) is 3.18. The summed E-state index contributed by atoms with van der Waals surface area (Å²) in [5, 5.41) is 3.86. The maximum atomic E-state index is 12.6. The van der Waals surface area contributed by atoms with Gasteiger partial charge >= 0.3 is 0 Å². The molecule has 1 saturated heterocycles. The summed E-state index contributed by atoms with van der Waals surface area (Å²) in [6, 6.07) is 5.58. The highest BCUT2D eigenvalue weighted by Crippen LogP contribution is 2.25. The molecular weight excluding hydrogens is 308 g/mol. The van der Waals surface area contributed by atoms with Crippen LogP contribution in [0.5, 0.6) is 0 Å². The molecule has 24 heavy (non-hydrogen) atoms. The molecule has 0 radical (unpaired) electrons. The van der Waals surface area contributed by atoms with E-state index in [0.717, 1.165) is 12.0 Å². The lowest BCUT2D eigenvalue weighted by atomic mass is 10.1.